The molecule has 1 fully saturated rings. The lowest BCUT2D eigenvalue weighted by atomic mass is 10.00. The Morgan fingerprint density at radius 3 is 2.12 bits per heavy atom. The van der Waals surface area contributed by atoms with E-state index in [1.165, 1.54) is 6.92 Å². The van der Waals surface area contributed by atoms with Gasteiger partial charge in [0.1, 0.15) is 0 Å². The zero-order valence-electron chi connectivity index (χ0n) is 19.8. The van der Waals surface area contributed by atoms with Crippen molar-refractivity contribution in [3.8, 4) is 11.1 Å². The molecule has 176 valence electrons. The van der Waals surface area contributed by atoms with Crippen LogP contribution in [0.3, 0.4) is 0 Å². The zero-order chi connectivity index (χ0) is 24.1. The predicted molar refractivity (Wildman–Crippen MR) is 130 cm³/mol. The van der Waals surface area contributed by atoms with E-state index in [9.17, 15) is 18.0 Å². The van der Waals surface area contributed by atoms with Crippen LogP contribution in [-0.2, 0) is 19.6 Å². The smallest absolute Gasteiger partial charge is 0.241 e. The average Bonchev–Trinajstić information content (AvgIpc) is 3.56. The molecule has 0 bridgehead atoms. The third kappa shape index (κ3) is 4.82. The van der Waals surface area contributed by atoms with Gasteiger partial charge >= 0.3 is 0 Å². The van der Waals surface area contributed by atoms with E-state index in [0.717, 1.165) is 35.3 Å². The summed E-state index contributed by atoms with van der Waals surface area (Å²) in [5.41, 5.74) is 2.57. The van der Waals surface area contributed by atoms with Gasteiger partial charge in [-0.25, -0.2) is 13.1 Å². The van der Waals surface area contributed by atoms with Crippen molar-refractivity contribution in [3.63, 3.8) is 0 Å². The largest absolute Gasteiger partial charge is 0.308 e. The van der Waals surface area contributed by atoms with Crippen LogP contribution in [0.2, 0.25) is 0 Å². The SMILES string of the molecule is CC(=O)N1c2ccc(-c3ccc(S(=O)(=O)NC(C)(C)C)cc3)cc2N(C(=O)C2CC2)C[C@@H]1C. The number of benzene rings is 2. The standard InChI is InChI=1S/C25H31N3O4S/c1-16-15-27(24(30)19-6-7-19)23-14-20(10-13-22(23)28(16)17(2)29)18-8-11-21(12-9-18)33(31,32)26-25(3,4)5/h8-14,16,19,26H,6-7,15H2,1-5H3/t16-/m0/s1. The van der Waals surface area contributed by atoms with E-state index in [0.29, 0.717) is 6.54 Å². The van der Waals surface area contributed by atoms with Crippen molar-refractivity contribution in [2.75, 3.05) is 16.3 Å². The van der Waals surface area contributed by atoms with E-state index in [1.54, 1.807) is 49.9 Å². The molecule has 0 saturated heterocycles. The van der Waals surface area contributed by atoms with Gasteiger partial charge < -0.3 is 9.80 Å². The summed E-state index contributed by atoms with van der Waals surface area (Å²) in [5, 5.41) is 0. The highest BCUT2D eigenvalue weighted by atomic mass is 32.2. The minimum absolute atomic E-state index is 0.0593. The van der Waals surface area contributed by atoms with Crippen molar-refractivity contribution >= 4 is 33.2 Å². The minimum Gasteiger partial charge on any atom is -0.308 e. The Balaban J connectivity index is 1.71. The van der Waals surface area contributed by atoms with E-state index < -0.39 is 15.6 Å². The number of anilines is 2. The van der Waals surface area contributed by atoms with Crippen LogP contribution in [0.15, 0.2) is 47.4 Å². The first-order valence-electron chi connectivity index (χ1n) is 11.3. The summed E-state index contributed by atoms with van der Waals surface area (Å²) < 4.78 is 27.9. The van der Waals surface area contributed by atoms with Crippen molar-refractivity contribution in [2.45, 2.75) is 63.9 Å². The van der Waals surface area contributed by atoms with Crippen molar-refractivity contribution in [1.29, 1.82) is 0 Å². The highest BCUT2D eigenvalue weighted by Gasteiger charge is 2.39. The van der Waals surface area contributed by atoms with Crippen LogP contribution in [0.1, 0.15) is 47.5 Å². The Morgan fingerprint density at radius 1 is 0.970 bits per heavy atom. The van der Waals surface area contributed by atoms with Gasteiger partial charge in [0.05, 0.1) is 22.3 Å². The highest BCUT2D eigenvalue weighted by Crippen LogP contribution is 2.42. The fourth-order valence-corrected chi connectivity index (χ4v) is 5.75. The monoisotopic (exact) mass is 469 g/mol. The Kier molecular flexibility index (Phi) is 5.87. The molecule has 8 heteroatoms. The maximum absolute atomic E-state index is 13.0. The molecule has 2 aromatic rings. The number of nitrogens with zero attached hydrogens (tertiary/aromatic N) is 2. The summed E-state index contributed by atoms with van der Waals surface area (Å²) in [5.74, 6) is 0.117. The Morgan fingerprint density at radius 2 is 1.58 bits per heavy atom. The van der Waals surface area contributed by atoms with Crippen molar-refractivity contribution in [2.24, 2.45) is 5.92 Å². The number of hydrogen-bond acceptors (Lipinski definition) is 4. The van der Waals surface area contributed by atoms with E-state index in [-0.39, 0.29) is 28.7 Å². The van der Waals surface area contributed by atoms with E-state index in [2.05, 4.69) is 4.72 Å². The molecule has 0 unspecified atom stereocenters. The lowest BCUT2D eigenvalue weighted by Gasteiger charge is -2.41. The molecule has 1 N–H and O–H groups in total. The second kappa shape index (κ2) is 8.25. The summed E-state index contributed by atoms with van der Waals surface area (Å²) in [6, 6.07) is 12.3. The Bertz CT molecular complexity index is 1200. The Labute approximate surface area is 195 Å². The van der Waals surface area contributed by atoms with Gasteiger partial charge in [0.2, 0.25) is 21.8 Å². The van der Waals surface area contributed by atoms with Crippen LogP contribution >= 0.6 is 0 Å². The normalized spacial score (nSPS) is 18.8. The van der Waals surface area contributed by atoms with Crippen molar-refractivity contribution in [1.82, 2.24) is 4.72 Å². The van der Waals surface area contributed by atoms with Crippen molar-refractivity contribution < 1.29 is 18.0 Å². The van der Waals surface area contributed by atoms with Gasteiger partial charge in [0.15, 0.2) is 0 Å². The van der Waals surface area contributed by atoms with Gasteiger partial charge in [-0.05, 0) is 75.9 Å². The molecule has 2 amide bonds. The molecule has 1 atom stereocenters. The lowest BCUT2D eigenvalue weighted by Crippen LogP contribution is -2.51. The molecular formula is C25H31N3O4S. The summed E-state index contributed by atoms with van der Waals surface area (Å²) in [4.78, 5) is 29.1. The van der Waals surface area contributed by atoms with Crippen LogP contribution < -0.4 is 14.5 Å². The topological polar surface area (TPSA) is 86.8 Å². The second-order valence-electron chi connectivity index (χ2n) is 10.0. The van der Waals surface area contributed by atoms with Crippen LogP contribution in [0.5, 0.6) is 0 Å². The molecule has 0 radical (unpaired) electrons. The number of amides is 2. The van der Waals surface area contributed by atoms with Crippen molar-refractivity contribution in [3.05, 3.63) is 42.5 Å². The summed E-state index contributed by atoms with van der Waals surface area (Å²) in [7, 11) is -3.62. The molecule has 1 heterocycles. The predicted octanol–water partition coefficient (Wildman–Crippen LogP) is 3.93. The van der Waals surface area contributed by atoms with E-state index >= 15 is 0 Å². The van der Waals surface area contributed by atoms with E-state index in [4.69, 9.17) is 0 Å². The number of fused-ring (bicyclic) bond motifs is 1. The molecule has 33 heavy (non-hydrogen) atoms. The average molecular weight is 470 g/mol. The van der Waals surface area contributed by atoms with Gasteiger partial charge in [-0.3, -0.25) is 9.59 Å². The molecule has 1 saturated carbocycles. The molecule has 4 rings (SSSR count). The van der Waals surface area contributed by atoms with Crippen LogP contribution in [0, 0.1) is 5.92 Å². The lowest BCUT2D eigenvalue weighted by molar-refractivity contribution is -0.120. The fourth-order valence-electron chi connectivity index (χ4n) is 4.33. The first-order valence-corrected chi connectivity index (χ1v) is 12.8. The molecule has 2 aromatic carbocycles. The third-order valence-electron chi connectivity index (χ3n) is 5.88. The van der Waals surface area contributed by atoms with Gasteiger partial charge in [-0.1, -0.05) is 18.2 Å². The number of hydrogen-bond donors (Lipinski definition) is 1. The summed E-state index contributed by atoms with van der Waals surface area (Å²) in [6.07, 6.45) is 1.82. The first-order chi connectivity index (χ1) is 15.4. The van der Waals surface area contributed by atoms with Gasteiger partial charge in [0.25, 0.3) is 0 Å². The molecule has 0 aromatic heterocycles. The first kappa shape index (κ1) is 23.4. The fraction of sp³-hybridized carbons (Fsp3) is 0.440. The second-order valence-corrected chi connectivity index (χ2v) is 11.7. The van der Waals surface area contributed by atoms with Gasteiger partial charge in [-0.15, -0.1) is 0 Å². The number of carbonyl (C=O) groups excluding carboxylic acids is 2. The third-order valence-corrected chi connectivity index (χ3v) is 7.66. The quantitative estimate of drug-likeness (QED) is 0.735. The number of sulfonamides is 1. The van der Waals surface area contributed by atoms with Crippen LogP contribution in [-0.4, -0.2) is 38.4 Å². The zero-order valence-corrected chi connectivity index (χ0v) is 20.6. The Hall–Kier alpha value is -2.71. The molecule has 0 spiro atoms. The van der Waals surface area contributed by atoms with Gasteiger partial charge in [-0.2, -0.15) is 0 Å². The number of rotatable bonds is 4. The van der Waals surface area contributed by atoms with Crippen LogP contribution in [0.25, 0.3) is 11.1 Å². The number of nitrogens with one attached hydrogen (secondary N) is 1. The van der Waals surface area contributed by atoms with E-state index in [1.807, 2.05) is 30.0 Å². The summed E-state index contributed by atoms with van der Waals surface area (Å²) in [6.45, 7) is 9.35. The molecule has 1 aliphatic heterocycles. The molecule has 1 aliphatic carbocycles. The molecular weight excluding hydrogens is 438 g/mol. The van der Waals surface area contributed by atoms with Gasteiger partial charge in [0, 0.05) is 24.9 Å². The maximum Gasteiger partial charge on any atom is 0.241 e. The van der Waals surface area contributed by atoms with Crippen LogP contribution in [0.4, 0.5) is 11.4 Å². The number of carbonyl (C=O) groups is 2. The highest BCUT2D eigenvalue weighted by molar-refractivity contribution is 7.89. The molecule has 7 nitrogen and oxygen atoms in total. The molecule has 2 aliphatic rings. The minimum atomic E-state index is -3.62. The summed E-state index contributed by atoms with van der Waals surface area (Å²) >= 11 is 0. The maximum atomic E-state index is 13.0.